The second kappa shape index (κ2) is 18.2. The van der Waals surface area contributed by atoms with E-state index in [1.165, 1.54) is 34.2 Å². The largest absolute Gasteiger partial charge is 0.491 e. The number of aliphatic carboxylic acids is 2. The molecule has 7 rings (SSSR count). The van der Waals surface area contributed by atoms with Crippen LogP contribution in [-0.2, 0) is 31.4 Å². The fourth-order valence-corrected chi connectivity index (χ4v) is 6.45. The Morgan fingerprint density at radius 2 is 1.51 bits per heavy atom. The van der Waals surface area contributed by atoms with Crippen LogP contribution in [0.25, 0.3) is 5.69 Å². The van der Waals surface area contributed by atoms with Crippen molar-refractivity contribution in [3.05, 3.63) is 113 Å². The van der Waals surface area contributed by atoms with E-state index in [0.29, 0.717) is 5.75 Å². The molecule has 0 spiro atoms. The van der Waals surface area contributed by atoms with E-state index in [-0.39, 0.29) is 49.9 Å². The predicted octanol–water partition coefficient (Wildman–Crippen LogP) is 4.48. The van der Waals surface area contributed by atoms with Gasteiger partial charge in [-0.1, -0.05) is 6.92 Å². The molecular weight excluding hydrogens is 746 g/mol. The smallest absolute Gasteiger partial charge is 0.350 e. The summed E-state index contributed by atoms with van der Waals surface area (Å²) in [7, 11) is 0. The Bertz CT molecular complexity index is 2140. The van der Waals surface area contributed by atoms with E-state index >= 15 is 0 Å². The Hall–Kier alpha value is -6.14. The number of hydrogen-bond acceptors (Lipinski definition) is 11. The van der Waals surface area contributed by atoms with Crippen molar-refractivity contribution < 1.29 is 42.8 Å². The zero-order valence-corrected chi connectivity index (χ0v) is 31.5. The number of carboxylic acids is 2. The third-order valence-electron chi connectivity index (χ3n) is 9.70. The van der Waals surface area contributed by atoms with Crippen molar-refractivity contribution in [2.24, 2.45) is 0 Å². The van der Waals surface area contributed by atoms with E-state index in [1.54, 1.807) is 10.9 Å². The van der Waals surface area contributed by atoms with Crippen LogP contribution in [0, 0.1) is 11.6 Å². The molecule has 2 aromatic heterocycles. The quantitative estimate of drug-likeness (QED) is 0.161. The number of halogens is 2. The monoisotopic (exact) mass is 790 g/mol. The van der Waals surface area contributed by atoms with E-state index in [4.69, 9.17) is 24.4 Å². The molecule has 18 heteroatoms. The third-order valence-corrected chi connectivity index (χ3v) is 9.70. The van der Waals surface area contributed by atoms with E-state index in [9.17, 15) is 23.2 Å². The average molecular weight is 791 g/mol. The van der Waals surface area contributed by atoms with Crippen molar-refractivity contribution in [3.63, 3.8) is 0 Å². The van der Waals surface area contributed by atoms with Crippen molar-refractivity contribution in [2.75, 3.05) is 49.2 Å². The summed E-state index contributed by atoms with van der Waals surface area (Å²) in [6, 6.07) is 19.3. The van der Waals surface area contributed by atoms with Gasteiger partial charge in [-0.05, 0) is 74.0 Å². The van der Waals surface area contributed by atoms with Crippen LogP contribution in [0.1, 0.15) is 44.7 Å². The summed E-state index contributed by atoms with van der Waals surface area (Å²) in [5, 5.41) is 24.2. The zero-order chi connectivity index (χ0) is 40.5. The van der Waals surface area contributed by atoms with Gasteiger partial charge in [0.25, 0.3) is 0 Å². The molecule has 3 atom stereocenters. The summed E-state index contributed by atoms with van der Waals surface area (Å²) in [5.41, 5.74) is 2.95. The van der Waals surface area contributed by atoms with Crippen LogP contribution < -0.4 is 20.2 Å². The van der Waals surface area contributed by atoms with Crippen LogP contribution in [-0.4, -0.2) is 96.8 Å². The van der Waals surface area contributed by atoms with Crippen LogP contribution in [0.15, 0.2) is 90.5 Å². The summed E-state index contributed by atoms with van der Waals surface area (Å²) >= 11 is 0. The third kappa shape index (κ3) is 10.0. The first kappa shape index (κ1) is 40.5. The minimum absolute atomic E-state index is 0.0334. The van der Waals surface area contributed by atoms with Gasteiger partial charge in [0.2, 0.25) is 5.79 Å². The number of hydrogen-bond donors (Lipinski definition) is 2. The molecule has 0 aliphatic carbocycles. The molecule has 0 radical (unpaired) electrons. The molecule has 5 aromatic rings. The summed E-state index contributed by atoms with van der Waals surface area (Å²) < 4.78 is 51.4. The second-order valence-corrected chi connectivity index (χ2v) is 13.6. The van der Waals surface area contributed by atoms with Gasteiger partial charge >= 0.3 is 17.6 Å². The van der Waals surface area contributed by atoms with Gasteiger partial charge in [0.15, 0.2) is 0 Å². The molecule has 2 saturated heterocycles. The molecule has 302 valence electrons. The van der Waals surface area contributed by atoms with Crippen molar-refractivity contribution in [1.82, 2.24) is 29.1 Å². The molecule has 2 fully saturated rings. The number of benzene rings is 3. The topological polar surface area (TPSA) is 179 Å². The molecule has 0 amide bonds. The molecule has 16 nitrogen and oxygen atoms in total. The molecule has 0 bridgehead atoms. The number of piperazine rings is 1. The first-order valence-corrected chi connectivity index (χ1v) is 18.5. The maximum Gasteiger partial charge on any atom is 0.350 e. The molecule has 1 unspecified atom stereocenters. The number of aromatic nitrogens is 6. The Labute approximate surface area is 326 Å². The molecule has 57 heavy (non-hydrogen) atoms. The van der Waals surface area contributed by atoms with Crippen molar-refractivity contribution >= 4 is 23.3 Å². The van der Waals surface area contributed by atoms with Gasteiger partial charge in [0.05, 0.1) is 31.2 Å². The SMILES string of the molecule is CCC(C)n1ncn(-c2ccc(N3CCN(c4ccc(OC[C@H]5CO[C@](Cn6cncn6)(c6ccc(F)cc6F)O5)cc4)CC3)cc2)c1=O.O=C(O)CCC(=O)O. The molecular formula is C39H44F2N8O8. The van der Waals surface area contributed by atoms with Crippen molar-refractivity contribution in [1.29, 1.82) is 0 Å². The predicted molar refractivity (Wildman–Crippen MR) is 203 cm³/mol. The minimum Gasteiger partial charge on any atom is -0.491 e. The number of carboxylic acid groups (broad SMARTS) is 2. The standard InChI is InChI=1S/C35H38F2N8O4.C4H6O4/c1-3-25(2)45-34(46)44(24-40-45)29-7-5-27(6-8-29)41-14-16-42(17-15-41)28-9-11-30(12-10-28)47-19-31-20-48-35(49-31,21-43-23-38-22-39-43)32-13-4-26(36)18-33(32)37;5-3(6)1-2-4(7)8/h4-13,18,22-25,31H,3,14-17,19-21H2,1-2H3;1-2H2,(H,5,6)(H,7,8)/t25?,31-,35-;/m0./s1. The Kier molecular flexibility index (Phi) is 12.9. The van der Waals surface area contributed by atoms with Gasteiger partial charge in [-0.25, -0.2) is 32.5 Å². The second-order valence-electron chi connectivity index (χ2n) is 13.6. The number of carbonyl (C=O) groups is 2. The molecule has 4 heterocycles. The number of rotatable bonds is 14. The summed E-state index contributed by atoms with van der Waals surface area (Å²) in [5.74, 6) is -4.45. The van der Waals surface area contributed by atoms with E-state index in [1.807, 2.05) is 50.2 Å². The maximum absolute atomic E-state index is 14.9. The Balaban J connectivity index is 0.000000622. The summed E-state index contributed by atoms with van der Waals surface area (Å²) in [6.45, 7) is 7.80. The van der Waals surface area contributed by atoms with Gasteiger partial charge in [0, 0.05) is 49.2 Å². The lowest BCUT2D eigenvalue weighted by Gasteiger charge is -2.37. The van der Waals surface area contributed by atoms with E-state index in [2.05, 4.69) is 37.1 Å². The lowest BCUT2D eigenvalue weighted by Crippen LogP contribution is -2.46. The van der Waals surface area contributed by atoms with Crippen LogP contribution >= 0.6 is 0 Å². The van der Waals surface area contributed by atoms with Gasteiger partial charge in [-0.2, -0.15) is 10.2 Å². The fraction of sp³-hybridized carbons (Fsp3) is 0.385. The van der Waals surface area contributed by atoms with Crippen LogP contribution in [0.4, 0.5) is 20.2 Å². The van der Waals surface area contributed by atoms with Gasteiger partial charge in [-0.3, -0.25) is 9.59 Å². The van der Waals surface area contributed by atoms with Crippen LogP contribution in [0.5, 0.6) is 5.75 Å². The highest BCUT2D eigenvalue weighted by atomic mass is 19.1. The highest BCUT2D eigenvalue weighted by molar-refractivity contribution is 5.75. The number of anilines is 2. The summed E-state index contributed by atoms with van der Waals surface area (Å²) in [6.07, 6.45) is 4.17. The molecule has 2 aliphatic rings. The van der Waals surface area contributed by atoms with Crippen LogP contribution in [0.2, 0.25) is 0 Å². The Morgan fingerprint density at radius 1 is 0.895 bits per heavy atom. The molecule has 2 N–H and O–H groups in total. The summed E-state index contributed by atoms with van der Waals surface area (Å²) in [4.78, 5) is 40.7. The normalized spacial score (nSPS) is 18.5. The van der Waals surface area contributed by atoms with E-state index < -0.39 is 35.5 Å². The first-order valence-electron chi connectivity index (χ1n) is 18.5. The highest BCUT2D eigenvalue weighted by Crippen LogP contribution is 2.38. The van der Waals surface area contributed by atoms with Crippen LogP contribution in [0.3, 0.4) is 0 Å². The van der Waals surface area contributed by atoms with E-state index in [0.717, 1.165) is 55.7 Å². The maximum atomic E-state index is 14.9. The first-order chi connectivity index (χ1) is 27.4. The zero-order valence-electron chi connectivity index (χ0n) is 31.5. The Morgan fingerprint density at radius 3 is 2.07 bits per heavy atom. The highest BCUT2D eigenvalue weighted by Gasteiger charge is 2.46. The molecule has 2 aliphatic heterocycles. The molecule has 3 aromatic carbocycles. The van der Waals surface area contributed by atoms with Crippen molar-refractivity contribution in [3.8, 4) is 11.4 Å². The molecule has 0 saturated carbocycles. The minimum atomic E-state index is -1.51. The number of ether oxygens (including phenoxy) is 3. The van der Waals surface area contributed by atoms with Gasteiger partial charge in [0.1, 0.15) is 55.6 Å². The lowest BCUT2D eigenvalue weighted by molar-refractivity contribution is -0.192. The fourth-order valence-electron chi connectivity index (χ4n) is 6.45. The van der Waals surface area contributed by atoms with Gasteiger partial charge < -0.3 is 34.2 Å². The number of nitrogens with zero attached hydrogens (tertiary/aromatic N) is 8. The van der Waals surface area contributed by atoms with Crippen molar-refractivity contribution in [2.45, 2.75) is 57.6 Å². The lowest BCUT2D eigenvalue weighted by atomic mass is 10.0. The van der Waals surface area contributed by atoms with Gasteiger partial charge in [-0.15, -0.1) is 0 Å². The average Bonchev–Trinajstić information content (AvgIpc) is 3.98.